The van der Waals surface area contributed by atoms with Gasteiger partial charge in [-0.2, -0.15) is 0 Å². The molecule has 0 aliphatic carbocycles. The number of amides is 1. The quantitative estimate of drug-likeness (QED) is 0.289. The molecule has 0 saturated carbocycles. The zero-order valence-electron chi connectivity index (χ0n) is 23.8. The molecule has 8 nitrogen and oxygen atoms in total. The van der Waals surface area contributed by atoms with E-state index in [0.29, 0.717) is 53.2 Å². The van der Waals surface area contributed by atoms with E-state index in [1.165, 1.54) is 6.07 Å². The van der Waals surface area contributed by atoms with Crippen molar-refractivity contribution in [3.05, 3.63) is 88.4 Å². The molecule has 42 heavy (non-hydrogen) atoms. The summed E-state index contributed by atoms with van der Waals surface area (Å²) < 4.78 is 30.0. The van der Waals surface area contributed by atoms with Gasteiger partial charge in [0.1, 0.15) is 5.92 Å². The minimum Gasteiger partial charge on any atom is -0.449 e. The van der Waals surface area contributed by atoms with E-state index >= 15 is 0 Å². The van der Waals surface area contributed by atoms with Crippen LogP contribution in [0.4, 0.5) is 0 Å². The molecule has 2 unspecified atom stereocenters. The van der Waals surface area contributed by atoms with Crippen LogP contribution in [0.1, 0.15) is 35.4 Å². The number of Topliss-reactive ketones (excluding diaryl/α,β-unsaturated/α-hetero) is 1. The number of piperidine rings is 1. The zero-order chi connectivity index (χ0) is 30.2. The Kier molecular flexibility index (Phi) is 8.29. The maximum atomic E-state index is 13.9. The number of rotatable bonds is 7. The predicted octanol–water partition coefficient (Wildman–Crippen LogP) is 4.42. The van der Waals surface area contributed by atoms with Crippen LogP contribution in [0.5, 0.6) is 0 Å². The normalized spacial score (nSPS) is 21.0. The van der Waals surface area contributed by atoms with Gasteiger partial charge in [0.05, 0.1) is 11.4 Å². The second kappa shape index (κ2) is 11.6. The van der Waals surface area contributed by atoms with E-state index in [1.54, 1.807) is 49.2 Å². The van der Waals surface area contributed by atoms with Gasteiger partial charge < -0.3 is 9.64 Å². The molecule has 2 heterocycles. The molecule has 2 atom stereocenters. The van der Waals surface area contributed by atoms with Gasteiger partial charge in [0.25, 0.3) is 0 Å². The molecule has 5 rings (SSSR count). The Morgan fingerprint density at radius 1 is 1.10 bits per heavy atom. The molecule has 0 bridgehead atoms. The fraction of sp³-hybridized carbons (Fsp3) is 0.344. The van der Waals surface area contributed by atoms with Crippen molar-refractivity contribution >= 4 is 39.1 Å². The van der Waals surface area contributed by atoms with Gasteiger partial charge in [-0.25, -0.2) is 8.42 Å². The van der Waals surface area contributed by atoms with E-state index in [0.717, 1.165) is 11.8 Å². The fourth-order valence-electron chi connectivity index (χ4n) is 5.85. The average molecular weight is 609 g/mol. The molecular formula is C32H33ClN2O6S. The second-order valence-corrected chi connectivity index (χ2v) is 13.7. The Hall–Kier alpha value is -3.53. The number of carbonyl (C=O) groups excluding carboxylic acids is 3. The second-order valence-electron chi connectivity index (χ2n) is 11.3. The first kappa shape index (κ1) is 29.9. The summed E-state index contributed by atoms with van der Waals surface area (Å²) in [5.41, 5.74) is 2.04. The van der Waals surface area contributed by atoms with Crippen molar-refractivity contribution in [2.45, 2.75) is 42.7 Å². The van der Waals surface area contributed by atoms with Crippen molar-refractivity contribution in [1.82, 2.24) is 9.80 Å². The predicted molar refractivity (Wildman–Crippen MR) is 160 cm³/mol. The first-order chi connectivity index (χ1) is 19.9. The van der Waals surface area contributed by atoms with Crippen molar-refractivity contribution in [3.8, 4) is 11.1 Å². The first-order valence-corrected chi connectivity index (χ1v) is 16.0. The van der Waals surface area contributed by atoms with Gasteiger partial charge in [0.15, 0.2) is 21.2 Å². The van der Waals surface area contributed by atoms with Gasteiger partial charge in [-0.05, 0) is 72.8 Å². The highest BCUT2D eigenvalue weighted by atomic mass is 35.5. The Morgan fingerprint density at radius 3 is 2.55 bits per heavy atom. The maximum absolute atomic E-state index is 13.9. The zero-order valence-corrected chi connectivity index (χ0v) is 25.4. The minimum absolute atomic E-state index is 0.0811. The fourth-order valence-corrected chi connectivity index (χ4v) is 6.80. The van der Waals surface area contributed by atoms with Gasteiger partial charge in [0, 0.05) is 37.0 Å². The summed E-state index contributed by atoms with van der Waals surface area (Å²) in [5, 5.41) is 0.292. The molecule has 0 radical (unpaired) electrons. The van der Waals surface area contributed by atoms with E-state index in [2.05, 4.69) is 0 Å². The lowest BCUT2D eigenvalue weighted by atomic mass is 9.81. The summed E-state index contributed by atoms with van der Waals surface area (Å²) in [6, 6.07) is 19.5. The number of halogens is 1. The van der Waals surface area contributed by atoms with Crippen LogP contribution in [-0.2, 0) is 35.5 Å². The lowest BCUT2D eigenvalue weighted by molar-refractivity contribution is -0.158. The molecule has 3 aromatic rings. The van der Waals surface area contributed by atoms with Crippen molar-refractivity contribution in [2.75, 3.05) is 32.9 Å². The number of likely N-dealkylation sites (tertiary alicyclic amines) is 1. The van der Waals surface area contributed by atoms with Gasteiger partial charge in [-0.3, -0.25) is 19.3 Å². The van der Waals surface area contributed by atoms with Crippen LogP contribution in [0.25, 0.3) is 11.1 Å². The summed E-state index contributed by atoms with van der Waals surface area (Å²) in [4.78, 5) is 43.8. The van der Waals surface area contributed by atoms with Gasteiger partial charge >= 0.3 is 5.97 Å². The van der Waals surface area contributed by atoms with E-state index in [1.807, 2.05) is 35.2 Å². The van der Waals surface area contributed by atoms with Crippen LogP contribution in [0, 0.1) is 6.92 Å². The number of ether oxygens (including phenoxy) is 1. The highest BCUT2D eigenvalue weighted by Gasteiger charge is 2.57. The molecule has 3 aromatic carbocycles. The Labute approximate surface area is 251 Å². The number of nitrogens with zero attached hydrogens (tertiary/aromatic N) is 2. The van der Waals surface area contributed by atoms with Crippen LogP contribution in [0.2, 0.25) is 5.02 Å². The average Bonchev–Trinajstić information content (AvgIpc) is 3.17. The SMILES string of the molecule is Cc1cc(-c2cccc(S(C)(=O)=O)c2)c(Cl)cc1C1C(=O)OC2(CCCN(CC(=O)N(C)Cc3ccccc3)C2)C1=O. The van der Waals surface area contributed by atoms with Crippen molar-refractivity contribution < 1.29 is 27.5 Å². The lowest BCUT2D eigenvalue weighted by Crippen LogP contribution is -2.54. The highest BCUT2D eigenvalue weighted by molar-refractivity contribution is 7.90. The smallest absolute Gasteiger partial charge is 0.322 e. The number of aryl methyl sites for hydroxylation is 1. The molecule has 2 fully saturated rings. The van der Waals surface area contributed by atoms with Crippen LogP contribution < -0.4 is 0 Å². The maximum Gasteiger partial charge on any atom is 0.322 e. The Balaban J connectivity index is 1.34. The van der Waals surface area contributed by atoms with Crippen LogP contribution in [0.15, 0.2) is 71.6 Å². The Morgan fingerprint density at radius 2 is 1.83 bits per heavy atom. The van der Waals surface area contributed by atoms with Crippen molar-refractivity contribution in [2.24, 2.45) is 0 Å². The van der Waals surface area contributed by atoms with Gasteiger partial charge in [-0.15, -0.1) is 0 Å². The number of likely N-dealkylation sites (N-methyl/N-ethyl adjacent to an activating group) is 1. The molecule has 2 saturated heterocycles. The molecule has 220 valence electrons. The summed E-state index contributed by atoms with van der Waals surface area (Å²) in [5.74, 6) is -2.16. The number of benzene rings is 3. The third kappa shape index (κ3) is 6.00. The van der Waals surface area contributed by atoms with E-state index in [-0.39, 0.29) is 29.7 Å². The van der Waals surface area contributed by atoms with Crippen LogP contribution in [0.3, 0.4) is 0 Å². The number of carbonyl (C=O) groups is 3. The van der Waals surface area contributed by atoms with Crippen molar-refractivity contribution in [1.29, 1.82) is 0 Å². The monoisotopic (exact) mass is 608 g/mol. The minimum atomic E-state index is -3.42. The lowest BCUT2D eigenvalue weighted by Gasteiger charge is -2.38. The number of esters is 1. The van der Waals surface area contributed by atoms with Gasteiger partial charge in [0.2, 0.25) is 5.91 Å². The van der Waals surface area contributed by atoms with Crippen LogP contribution >= 0.6 is 11.6 Å². The molecule has 10 heteroatoms. The Bertz CT molecular complexity index is 1660. The van der Waals surface area contributed by atoms with Crippen LogP contribution in [-0.4, -0.2) is 74.4 Å². The molecule has 1 spiro atoms. The molecule has 1 amide bonds. The summed E-state index contributed by atoms with van der Waals surface area (Å²) >= 11 is 6.66. The first-order valence-electron chi connectivity index (χ1n) is 13.8. The van der Waals surface area contributed by atoms with E-state index in [9.17, 15) is 22.8 Å². The van der Waals surface area contributed by atoms with E-state index < -0.39 is 27.3 Å². The summed E-state index contributed by atoms with van der Waals surface area (Å²) in [6.45, 7) is 3.15. The number of sulfone groups is 1. The topological polar surface area (TPSA) is 101 Å². The molecule has 2 aliphatic rings. The third-order valence-electron chi connectivity index (χ3n) is 8.06. The van der Waals surface area contributed by atoms with Gasteiger partial charge in [-0.1, -0.05) is 54.1 Å². The largest absolute Gasteiger partial charge is 0.449 e. The molecule has 0 N–H and O–H groups in total. The van der Waals surface area contributed by atoms with Crippen molar-refractivity contribution in [3.63, 3.8) is 0 Å². The molecule has 2 aliphatic heterocycles. The summed E-state index contributed by atoms with van der Waals surface area (Å²) in [7, 11) is -1.67. The number of ketones is 1. The number of hydrogen-bond donors (Lipinski definition) is 0. The summed E-state index contributed by atoms with van der Waals surface area (Å²) in [6.07, 6.45) is 2.14. The standard InChI is InChI=1S/C32H33ClN2O6S/c1-21-15-26(23-11-7-12-24(16-23)42(3,39)40)27(33)17-25(21)29-30(37)32(41-31(29)38)13-8-14-35(20-32)19-28(36)34(2)18-22-9-5-4-6-10-22/h4-7,9-12,15-17,29H,8,13-14,18-20H2,1-3H3. The highest BCUT2D eigenvalue weighted by Crippen LogP contribution is 2.43. The number of hydrogen-bond acceptors (Lipinski definition) is 7. The molecule has 0 aromatic heterocycles. The third-order valence-corrected chi connectivity index (χ3v) is 9.49. The van der Waals surface area contributed by atoms with E-state index in [4.69, 9.17) is 16.3 Å². The molecular weight excluding hydrogens is 576 g/mol.